The smallest absolute Gasteiger partial charge is 0.410 e. The van der Waals surface area contributed by atoms with E-state index >= 15 is 0 Å². The van der Waals surface area contributed by atoms with Crippen LogP contribution in [0.2, 0.25) is 18.1 Å². The highest BCUT2D eigenvalue weighted by Crippen LogP contribution is 2.39. The zero-order valence-corrected chi connectivity index (χ0v) is 18.4. The van der Waals surface area contributed by atoms with Crippen molar-refractivity contribution in [3.05, 3.63) is 35.9 Å². The van der Waals surface area contributed by atoms with Crippen LogP contribution < -0.4 is 0 Å². The molecule has 2 saturated heterocycles. The lowest BCUT2D eigenvalue weighted by molar-refractivity contribution is 0.00898. The minimum Gasteiger partial charge on any atom is -0.448 e. The van der Waals surface area contributed by atoms with E-state index in [1.165, 1.54) is 5.56 Å². The molecule has 3 rings (SSSR count). The minimum absolute atomic E-state index is 0.0361. The van der Waals surface area contributed by atoms with Gasteiger partial charge >= 0.3 is 6.09 Å². The van der Waals surface area contributed by atoms with Crippen LogP contribution in [0.4, 0.5) is 4.79 Å². The Bertz CT molecular complexity index is 645. The number of carbonyl (C=O) groups excluding carboxylic acids is 1. The van der Waals surface area contributed by atoms with Gasteiger partial charge in [-0.25, -0.2) is 4.79 Å². The molecule has 0 bridgehead atoms. The van der Waals surface area contributed by atoms with E-state index in [1.807, 2.05) is 4.90 Å². The van der Waals surface area contributed by atoms with Crippen LogP contribution in [0.25, 0.3) is 0 Å². The Labute approximate surface area is 164 Å². The Morgan fingerprint density at radius 3 is 2.48 bits per heavy atom. The highest BCUT2D eigenvalue weighted by Gasteiger charge is 2.45. The largest absolute Gasteiger partial charge is 0.448 e. The van der Waals surface area contributed by atoms with Gasteiger partial charge in [-0.05, 0) is 30.1 Å². The Kier molecular flexibility index (Phi) is 5.98. The lowest BCUT2D eigenvalue weighted by Gasteiger charge is -2.47. The van der Waals surface area contributed by atoms with Gasteiger partial charge in [0.15, 0.2) is 8.32 Å². The van der Waals surface area contributed by atoms with Gasteiger partial charge in [0.2, 0.25) is 0 Å². The van der Waals surface area contributed by atoms with Gasteiger partial charge < -0.3 is 9.16 Å². The summed E-state index contributed by atoms with van der Waals surface area (Å²) in [7, 11) is -1.93. The zero-order chi connectivity index (χ0) is 19.7. The van der Waals surface area contributed by atoms with Crippen LogP contribution in [-0.2, 0) is 15.7 Å². The van der Waals surface area contributed by atoms with Gasteiger partial charge in [0.1, 0.15) is 6.61 Å². The molecule has 2 atom stereocenters. The van der Waals surface area contributed by atoms with Crippen LogP contribution in [0, 0.1) is 0 Å². The second-order valence-electron chi connectivity index (χ2n) is 9.30. The van der Waals surface area contributed by atoms with Gasteiger partial charge in [0.25, 0.3) is 0 Å². The van der Waals surface area contributed by atoms with E-state index in [9.17, 15) is 4.79 Å². The third-order valence-corrected chi connectivity index (χ3v) is 10.8. The summed E-state index contributed by atoms with van der Waals surface area (Å²) in [4.78, 5) is 16.6. The molecule has 1 aromatic rings. The number of carbonyl (C=O) groups is 1. The molecule has 0 aromatic heterocycles. The summed E-state index contributed by atoms with van der Waals surface area (Å²) in [6, 6.07) is 10.7. The Morgan fingerprint density at radius 2 is 1.89 bits per heavy atom. The van der Waals surface area contributed by atoms with Crippen LogP contribution in [0.1, 0.15) is 32.8 Å². The SMILES string of the molecule is CC(C)(C)[Si](C)(C)O[C@H]1CN(Cc2ccccc2)CC[C@H]1N1CCOC1=O. The second-order valence-corrected chi connectivity index (χ2v) is 14.1. The van der Waals surface area contributed by atoms with Crippen molar-refractivity contribution in [2.24, 2.45) is 0 Å². The van der Waals surface area contributed by atoms with Crippen molar-refractivity contribution in [1.29, 1.82) is 0 Å². The van der Waals surface area contributed by atoms with Gasteiger partial charge in [-0.1, -0.05) is 51.1 Å². The van der Waals surface area contributed by atoms with Gasteiger partial charge in [-0.2, -0.15) is 0 Å². The maximum Gasteiger partial charge on any atom is 0.410 e. The first-order valence-corrected chi connectivity index (χ1v) is 13.0. The molecule has 0 spiro atoms. The molecule has 2 aliphatic rings. The van der Waals surface area contributed by atoms with Crippen LogP contribution in [0.15, 0.2) is 30.3 Å². The fraction of sp³-hybridized carbons (Fsp3) is 0.667. The number of hydrogen-bond donors (Lipinski definition) is 0. The fourth-order valence-electron chi connectivity index (χ4n) is 3.69. The topological polar surface area (TPSA) is 42.0 Å². The molecule has 0 unspecified atom stereocenters. The summed E-state index contributed by atoms with van der Waals surface area (Å²) in [5, 5.41) is 0.144. The molecule has 1 aromatic carbocycles. The molecule has 5 nitrogen and oxygen atoms in total. The molecule has 0 radical (unpaired) electrons. The number of benzene rings is 1. The lowest BCUT2D eigenvalue weighted by Crippen LogP contribution is -2.59. The Morgan fingerprint density at radius 1 is 1.19 bits per heavy atom. The van der Waals surface area contributed by atoms with E-state index in [1.54, 1.807) is 0 Å². The van der Waals surface area contributed by atoms with E-state index in [0.29, 0.717) is 13.2 Å². The zero-order valence-electron chi connectivity index (χ0n) is 17.4. The number of amides is 1. The molecule has 0 aliphatic carbocycles. The first-order chi connectivity index (χ1) is 12.7. The minimum atomic E-state index is -1.93. The summed E-state index contributed by atoms with van der Waals surface area (Å²) in [6.07, 6.45) is 0.788. The van der Waals surface area contributed by atoms with E-state index in [2.05, 4.69) is 69.1 Å². The van der Waals surface area contributed by atoms with Gasteiger partial charge in [0, 0.05) is 19.6 Å². The van der Waals surface area contributed by atoms with Crippen molar-refractivity contribution < 1.29 is 14.0 Å². The molecular formula is C21H34N2O3Si. The van der Waals surface area contributed by atoms with Gasteiger partial charge in [-0.3, -0.25) is 9.80 Å². The molecule has 2 fully saturated rings. The molecule has 27 heavy (non-hydrogen) atoms. The number of ether oxygens (including phenoxy) is 1. The predicted molar refractivity (Wildman–Crippen MR) is 110 cm³/mol. The molecule has 1 amide bonds. The highest BCUT2D eigenvalue weighted by molar-refractivity contribution is 6.74. The number of rotatable bonds is 5. The van der Waals surface area contributed by atoms with Gasteiger partial charge in [0.05, 0.1) is 18.7 Å². The van der Waals surface area contributed by atoms with Crippen molar-refractivity contribution in [2.45, 2.75) is 64.0 Å². The Hall–Kier alpha value is -1.37. The van der Waals surface area contributed by atoms with E-state index in [0.717, 1.165) is 26.1 Å². The standard InChI is InChI=1S/C21H34N2O3Si/c1-21(2,3)27(4,5)26-19-16-22(15-17-9-7-6-8-10-17)12-11-18(19)23-13-14-25-20(23)24/h6-10,18-19H,11-16H2,1-5H3/t18-,19+/m1/s1. The molecule has 0 saturated carbocycles. The third kappa shape index (κ3) is 4.73. The summed E-state index contributed by atoms with van der Waals surface area (Å²) in [6.45, 7) is 15.3. The van der Waals surface area contributed by atoms with Crippen molar-refractivity contribution in [3.8, 4) is 0 Å². The van der Waals surface area contributed by atoms with E-state index in [-0.39, 0.29) is 23.3 Å². The fourth-order valence-corrected chi connectivity index (χ4v) is 5.03. The highest BCUT2D eigenvalue weighted by atomic mass is 28.4. The summed E-state index contributed by atoms with van der Waals surface area (Å²) >= 11 is 0. The molecular weight excluding hydrogens is 356 g/mol. The molecule has 150 valence electrons. The monoisotopic (exact) mass is 390 g/mol. The van der Waals surface area contributed by atoms with Crippen LogP contribution in [0.3, 0.4) is 0 Å². The molecule has 0 N–H and O–H groups in total. The average Bonchev–Trinajstić information content (AvgIpc) is 3.00. The maximum atomic E-state index is 12.2. The van der Waals surface area contributed by atoms with E-state index in [4.69, 9.17) is 9.16 Å². The van der Waals surface area contributed by atoms with Crippen molar-refractivity contribution in [3.63, 3.8) is 0 Å². The number of cyclic esters (lactones) is 1. The number of likely N-dealkylation sites (tertiary alicyclic amines) is 1. The summed E-state index contributed by atoms with van der Waals surface area (Å²) in [5.74, 6) is 0. The van der Waals surface area contributed by atoms with Crippen LogP contribution >= 0.6 is 0 Å². The summed E-state index contributed by atoms with van der Waals surface area (Å²) in [5.41, 5.74) is 1.32. The van der Waals surface area contributed by atoms with Gasteiger partial charge in [-0.15, -0.1) is 0 Å². The van der Waals surface area contributed by atoms with Crippen molar-refractivity contribution in [2.75, 3.05) is 26.2 Å². The number of piperidine rings is 1. The normalized spacial score (nSPS) is 24.9. The number of nitrogens with zero attached hydrogens (tertiary/aromatic N) is 2. The number of hydrogen-bond acceptors (Lipinski definition) is 4. The second kappa shape index (κ2) is 7.93. The molecule has 6 heteroatoms. The van der Waals surface area contributed by atoms with Crippen LogP contribution in [-0.4, -0.2) is 62.6 Å². The average molecular weight is 391 g/mol. The Balaban J connectivity index is 1.76. The third-order valence-electron chi connectivity index (χ3n) is 6.30. The first-order valence-electron chi connectivity index (χ1n) is 10.0. The maximum absolute atomic E-state index is 12.2. The van der Waals surface area contributed by atoms with Crippen LogP contribution in [0.5, 0.6) is 0 Å². The first kappa shape index (κ1) is 20.4. The van der Waals surface area contributed by atoms with Crippen molar-refractivity contribution >= 4 is 14.4 Å². The van der Waals surface area contributed by atoms with Crippen molar-refractivity contribution in [1.82, 2.24) is 9.80 Å². The summed E-state index contributed by atoms with van der Waals surface area (Å²) < 4.78 is 12.0. The molecule has 2 aliphatic heterocycles. The predicted octanol–water partition coefficient (Wildman–Crippen LogP) is 4.10. The molecule has 2 heterocycles. The quantitative estimate of drug-likeness (QED) is 0.710. The van der Waals surface area contributed by atoms with E-state index < -0.39 is 8.32 Å². The lowest BCUT2D eigenvalue weighted by atomic mass is 10.00.